The van der Waals surface area contributed by atoms with E-state index >= 15 is 0 Å². The predicted molar refractivity (Wildman–Crippen MR) is 87.9 cm³/mol. The first-order valence-corrected chi connectivity index (χ1v) is 7.53. The van der Waals surface area contributed by atoms with Gasteiger partial charge < -0.3 is 9.73 Å². The molecule has 0 fully saturated rings. The molecule has 118 valence electrons. The Morgan fingerprint density at radius 1 is 1.23 bits per heavy atom. The fourth-order valence-electron chi connectivity index (χ4n) is 2.23. The first kappa shape index (κ1) is 16.3. The average Bonchev–Trinajstić information content (AvgIpc) is 2.42. The Morgan fingerprint density at radius 2 is 1.91 bits per heavy atom. The van der Waals surface area contributed by atoms with E-state index in [0.717, 1.165) is 16.5 Å². The molecule has 0 bridgehead atoms. The van der Waals surface area contributed by atoms with Crippen LogP contribution in [0.4, 0.5) is 0 Å². The molecule has 0 saturated heterocycles. The molecule has 0 spiro atoms. The van der Waals surface area contributed by atoms with E-state index < -0.39 is 5.63 Å². The zero-order valence-corrected chi connectivity index (χ0v) is 13.8. The van der Waals surface area contributed by atoms with E-state index in [2.05, 4.69) is 26.1 Å². The maximum atomic E-state index is 11.8. The number of benzene rings is 1. The summed E-state index contributed by atoms with van der Waals surface area (Å²) in [5.41, 5.74) is 2.10. The molecule has 1 aromatic heterocycles. The minimum Gasteiger partial charge on any atom is -0.423 e. The lowest BCUT2D eigenvalue weighted by Gasteiger charge is -2.19. The van der Waals surface area contributed by atoms with Gasteiger partial charge in [0.1, 0.15) is 5.58 Å². The lowest BCUT2D eigenvalue weighted by Crippen LogP contribution is -2.27. The van der Waals surface area contributed by atoms with Crippen molar-refractivity contribution in [3.8, 4) is 0 Å². The van der Waals surface area contributed by atoms with Crippen LogP contribution in [-0.2, 0) is 16.8 Å². The highest BCUT2D eigenvalue weighted by atomic mass is 16.4. The van der Waals surface area contributed by atoms with Crippen LogP contribution in [0.2, 0.25) is 0 Å². The molecule has 4 nitrogen and oxygen atoms in total. The topological polar surface area (TPSA) is 59.3 Å². The Labute approximate surface area is 130 Å². The van der Waals surface area contributed by atoms with E-state index in [1.165, 1.54) is 6.07 Å². The number of carbonyl (C=O) groups excluding carboxylic acids is 1. The van der Waals surface area contributed by atoms with E-state index in [-0.39, 0.29) is 17.2 Å². The SMILES string of the molecule is CC(C)C(=O)NCc1cc(=O)oc2ccc(C(C)(C)C)cc12. The van der Waals surface area contributed by atoms with E-state index in [4.69, 9.17) is 4.42 Å². The Bertz CT molecular complexity index is 751. The fraction of sp³-hybridized carbons (Fsp3) is 0.444. The molecule has 0 unspecified atom stereocenters. The van der Waals surface area contributed by atoms with Crippen LogP contribution < -0.4 is 10.9 Å². The molecule has 1 amide bonds. The lowest BCUT2D eigenvalue weighted by molar-refractivity contribution is -0.124. The third kappa shape index (κ3) is 3.56. The Kier molecular flexibility index (Phi) is 4.40. The standard InChI is InChI=1S/C18H23NO3/c1-11(2)17(21)19-10-12-8-16(20)22-15-7-6-13(9-14(12)15)18(3,4)5/h6-9,11H,10H2,1-5H3,(H,19,21). The quantitative estimate of drug-likeness (QED) is 0.884. The number of fused-ring (bicyclic) bond motifs is 1. The Hall–Kier alpha value is -2.10. The highest BCUT2D eigenvalue weighted by molar-refractivity contribution is 5.82. The molecule has 1 heterocycles. The second-order valence-corrected chi connectivity index (χ2v) is 6.92. The van der Waals surface area contributed by atoms with Crippen molar-refractivity contribution in [3.05, 3.63) is 45.8 Å². The molecule has 1 N–H and O–H groups in total. The van der Waals surface area contributed by atoms with Crippen molar-refractivity contribution < 1.29 is 9.21 Å². The van der Waals surface area contributed by atoms with Crippen LogP contribution in [-0.4, -0.2) is 5.91 Å². The molecule has 0 atom stereocenters. The smallest absolute Gasteiger partial charge is 0.336 e. The minimum atomic E-state index is -0.398. The van der Waals surface area contributed by atoms with Crippen LogP contribution in [0.3, 0.4) is 0 Å². The van der Waals surface area contributed by atoms with Crippen molar-refractivity contribution >= 4 is 16.9 Å². The van der Waals surface area contributed by atoms with Gasteiger partial charge in [-0.05, 0) is 28.7 Å². The number of carbonyl (C=O) groups is 1. The molecule has 0 radical (unpaired) electrons. The molecule has 2 aromatic rings. The molecular weight excluding hydrogens is 278 g/mol. The number of nitrogens with one attached hydrogen (secondary N) is 1. The van der Waals surface area contributed by atoms with Gasteiger partial charge in [0, 0.05) is 23.9 Å². The lowest BCUT2D eigenvalue weighted by atomic mass is 9.86. The summed E-state index contributed by atoms with van der Waals surface area (Å²) in [4.78, 5) is 23.4. The van der Waals surface area contributed by atoms with Crippen molar-refractivity contribution in [3.63, 3.8) is 0 Å². The fourth-order valence-corrected chi connectivity index (χ4v) is 2.23. The number of rotatable bonds is 3. The Balaban J connectivity index is 2.47. The van der Waals surface area contributed by atoms with Crippen molar-refractivity contribution in [2.24, 2.45) is 5.92 Å². The highest BCUT2D eigenvalue weighted by Gasteiger charge is 2.16. The van der Waals surface area contributed by atoms with Gasteiger partial charge >= 0.3 is 5.63 Å². The molecule has 1 aromatic carbocycles. The first-order valence-electron chi connectivity index (χ1n) is 7.53. The van der Waals surface area contributed by atoms with Crippen LogP contribution >= 0.6 is 0 Å². The second kappa shape index (κ2) is 5.95. The molecule has 0 aliphatic carbocycles. The summed E-state index contributed by atoms with van der Waals surface area (Å²) < 4.78 is 5.26. The maximum absolute atomic E-state index is 11.8. The Morgan fingerprint density at radius 3 is 2.50 bits per heavy atom. The van der Waals surface area contributed by atoms with Crippen molar-refractivity contribution in [1.82, 2.24) is 5.32 Å². The van der Waals surface area contributed by atoms with E-state index in [1.807, 2.05) is 32.0 Å². The van der Waals surface area contributed by atoms with E-state index in [1.54, 1.807) is 0 Å². The van der Waals surface area contributed by atoms with Crippen molar-refractivity contribution in [2.45, 2.75) is 46.6 Å². The zero-order valence-electron chi connectivity index (χ0n) is 13.8. The van der Waals surface area contributed by atoms with Crippen LogP contribution in [0.15, 0.2) is 33.5 Å². The van der Waals surface area contributed by atoms with Crippen molar-refractivity contribution in [2.75, 3.05) is 0 Å². The summed E-state index contributed by atoms with van der Waals surface area (Å²) in [6, 6.07) is 7.29. The van der Waals surface area contributed by atoms with Gasteiger partial charge in [0.15, 0.2) is 0 Å². The normalized spacial score (nSPS) is 11.9. The maximum Gasteiger partial charge on any atom is 0.336 e. The second-order valence-electron chi connectivity index (χ2n) is 6.92. The van der Waals surface area contributed by atoms with Gasteiger partial charge in [-0.15, -0.1) is 0 Å². The predicted octanol–water partition coefficient (Wildman–Crippen LogP) is 3.36. The number of hydrogen-bond acceptors (Lipinski definition) is 3. The largest absolute Gasteiger partial charge is 0.423 e. The van der Waals surface area contributed by atoms with Gasteiger partial charge in [0.25, 0.3) is 0 Å². The van der Waals surface area contributed by atoms with Gasteiger partial charge in [-0.3, -0.25) is 4.79 Å². The summed E-state index contributed by atoms with van der Waals surface area (Å²) in [6.45, 7) is 10.4. The summed E-state index contributed by atoms with van der Waals surface area (Å²) >= 11 is 0. The number of amides is 1. The van der Waals surface area contributed by atoms with Crippen LogP contribution in [0, 0.1) is 5.92 Å². The van der Waals surface area contributed by atoms with Gasteiger partial charge in [0.2, 0.25) is 5.91 Å². The summed E-state index contributed by atoms with van der Waals surface area (Å²) in [7, 11) is 0. The van der Waals surface area contributed by atoms with Gasteiger partial charge in [-0.1, -0.05) is 40.7 Å². The minimum absolute atomic E-state index is 0.00275. The highest BCUT2D eigenvalue weighted by Crippen LogP contribution is 2.27. The zero-order chi connectivity index (χ0) is 16.5. The molecule has 22 heavy (non-hydrogen) atoms. The van der Waals surface area contributed by atoms with E-state index in [0.29, 0.717) is 12.1 Å². The average molecular weight is 301 g/mol. The summed E-state index contributed by atoms with van der Waals surface area (Å²) in [5, 5.41) is 3.73. The van der Waals surface area contributed by atoms with Gasteiger partial charge in [-0.2, -0.15) is 0 Å². The molecule has 0 aliphatic rings. The third-order valence-corrected chi connectivity index (χ3v) is 3.67. The molecular formula is C18H23NO3. The van der Waals surface area contributed by atoms with E-state index in [9.17, 15) is 9.59 Å². The molecule has 0 aliphatic heterocycles. The van der Waals surface area contributed by atoms with Crippen LogP contribution in [0.1, 0.15) is 45.7 Å². The monoisotopic (exact) mass is 301 g/mol. The summed E-state index contributed by atoms with van der Waals surface area (Å²) in [6.07, 6.45) is 0. The van der Waals surface area contributed by atoms with Crippen LogP contribution in [0.25, 0.3) is 11.0 Å². The molecule has 0 saturated carbocycles. The van der Waals surface area contributed by atoms with Crippen LogP contribution in [0.5, 0.6) is 0 Å². The number of hydrogen-bond donors (Lipinski definition) is 1. The summed E-state index contributed by atoms with van der Waals surface area (Å²) in [5.74, 6) is -0.120. The molecule has 2 rings (SSSR count). The van der Waals surface area contributed by atoms with Gasteiger partial charge in [0.05, 0.1) is 0 Å². The third-order valence-electron chi connectivity index (χ3n) is 3.67. The van der Waals surface area contributed by atoms with Gasteiger partial charge in [-0.25, -0.2) is 4.79 Å². The van der Waals surface area contributed by atoms with Crippen molar-refractivity contribution in [1.29, 1.82) is 0 Å². The molecule has 4 heteroatoms. The first-order chi connectivity index (χ1) is 10.2.